The van der Waals surface area contributed by atoms with Crippen LogP contribution in [0, 0.1) is 6.92 Å². The van der Waals surface area contributed by atoms with Crippen LogP contribution >= 0.6 is 11.6 Å². The van der Waals surface area contributed by atoms with E-state index in [9.17, 15) is 13.2 Å². The predicted molar refractivity (Wildman–Crippen MR) is 86.4 cm³/mol. The fourth-order valence-electron chi connectivity index (χ4n) is 2.68. The lowest BCUT2D eigenvalue weighted by atomic mass is 10.1. The summed E-state index contributed by atoms with van der Waals surface area (Å²) < 4.78 is 26.8. The average Bonchev–Trinajstić information content (AvgIpc) is 2.46. The van der Waals surface area contributed by atoms with E-state index < -0.39 is 10.0 Å². The monoisotopic (exact) mass is 344 g/mol. The summed E-state index contributed by atoms with van der Waals surface area (Å²) in [5.41, 5.74) is 0.922. The van der Waals surface area contributed by atoms with Gasteiger partial charge in [0, 0.05) is 33.1 Å². The molecule has 2 rings (SSSR count). The van der Waals surface area contributed by atoms with Gasteiger partial charge < -0.3 is 4.90 Å². The van der Waals surface area contributed by atoms with Gasteiger partial charge in [-0.3, -0.25) is 4.79 Å². The van der Waals surface area contributed by atoms with E-state index in [0.717, 1.165) is 5.56 Å². The summed E-state index contributed by atoms with van der Waals surface area (Å²) in [5.74, 6) is 0.00267. The molecule has 1 aromatic carbocycles. The lowest BCUT2D eigenvalue weighted by Gasteiger charge is -2.35. The number of carbonyl (C=O) groups is 1. The second kappa shape index (κ2) is 6.56. The molecule has 0 aliphatic carbocycles. The van der Waals surface area contributed by atoms with Crippen LogP contribution in [0.4, 0.5) is 0 Å². The number of rotatable bonds is 3. The van der Waals surface area contributed by atoms with Crippen LogP contribution in [0.15, 0.2) is 23.1 Å². The Hall–Kier alpha value is -1.11. The standard InChI is InChI=1S/C15H21ClN2O3S/c1-11-4-5-15(14(16)10-11)22(20,21)18-8-6-13(7-9-18)17(3)12(2)19/h4-5,10,13H,6-9H2,1-3H3. The van der Waals surface area contributed by atoms with Gasteiger partial charge in [0.1, 0.15) is 4.90 Å². The Kier molecular flexibility index (Phi) is 5.14. The highest BCUT2D eigenvalue weighted by molar-refractivity contribution is 7.89. The van der Waals surface area contributed by atoms with Crippen LogP contribution in [0.5, 0.6) is 0 Å². The van der Waals surface area contributed by atoms with Crippen molar-refractivity contribution < 1.29 is 13.2 Å². The molecule has 0 atom stereocenters. The van der Waals surface area contributed by atoms with Crippen molar-refractivity contribution in [2.75, 3.05) is 20.1 Å². The van der Waals surface area contributed by atoms with Crippen LogP contribution in [0.25, 0.3) is 0 Å². The van der Waals surface area contributed by atoms with Crippen molar-refractivity contribution >= 4 is 27.5 Å². The van der Waals surface area contributed by atoms with Crippen molar-refractivity contribution in [1.82, 2.24) is 9.21 Å². The number of sulfonamides is 1. The van der Waals surface area contributed by atoms with Gasteiger partial charge in [0.05, 0.1) is 5.02 Å². The van der Waals surface area contributed by atoms with E-state index in [0.29, 0.717) is 25.9 Å². The minimum Gasteiger partial charge on any atom is -0.343 e. The van der Waals surface area contributed by atoms with E-state index in [2.05, 4.69) is 0 Å². The Morgan fingerprint density at radius 1 is 1.32 bits per heavy atom. The smallest absolute Gasteiger partial charge is 0.244 e. The summed E-state index contributed by atoms with van der Waals surface area (Å²) in [6, 6.07) is 5.05. The van der Waals surface area contributed by atoms with Crippen LogP contribution in [-0.2, 0) is 14.8 Å². The molecule has 0 N–H and O–H groups in total. The SMILES string of the molecule is CC(=O)N(C)C1CCN(S(=O)(=O)c2ccc(C)cc2Cl)CC1. The summed E-state index contributed by atoms with van der Waals surface area (Å²) in [4.78, 5) is 13.2. The minimum absolute atomic E-state index is 0.00267. The first kappa shape index (κ1) is 17.2. The van der Waals surface area contributed by atoms with Gasteiger partial charge in [-0.2, -0.15) is 4.31 Å². The van der Waals surface area contributed by atoms with E-state index in [-0.39, 0.29) is 21.9 Å². The molecular weight excluding hydrogens is 324 g/mol. The van der Waals surface area contributed by atoms with Crippen molar-refractivity contribution in [3.63, 3.8) is 0 Å². The number of aryl methyl sites for hydroxylation is 1. The zero-order chi connectivity index (χ0) is 16.5. The molecule has 1 aliphatic heterocycles. The van der Waals surface area contributed by atoms with Gasteiger partial charge in [0.2, 0.25) is 15.9 Å². The molecule has 0 aromatic heterocycles. The molecule has 1 heterocycles. The first-order valence-electron chi connectivity index (χ1n) is 7.23. The maximum Gasteiger partial charge on any atom is 0.244 e. The van der Waals surface area contributed by atoms with Crippen molar-refractivity contribution in [2.24, 2.45) is 0 Å². The Balaban J connectivity index is 2.14. The molecule has 1 fully saturated rings. The maximum atomic E-state index is 12.7. The fraction of sp³-hybridized carbons (Fsp3) is 0.533. The first-order valence-corrected chi connectivity index (χ1v) is 9.05. The normalized spacial score (nSPS) is 17.5. The van der Waals surface area contributed by atoms with Crippen LogP contribution in [0.3, 0.4) is 0 Å². The second-order valence-electron chi connectivity index (χ2n) is 5.70. The van der Waals surface area contributed by atoms with Gasteiger partial charge in [0.15, 0.2) is 0 Å². The highest BCUT2D eigenvalue weighted by atomic mass is 35.5. The Morgan fingerprint density at radius 3 is 2.41 bits per heavy atom. The van der Waals surface area contributed by atoms with E-state index in [4.69, 9.17) is 11.6 Å². The molecule has 0 bridgehead atoms. The topological polar surface area (TPSA) is 57.7 Å². The Labute approximate surface area is 136 Å². The van der Waals surface area contributed by atoms with Gasteiger partial charge >= 0.3 is 0 Å². The third-order valence-electron chi connectivity index (χ3n) is 4.17. The molecular formula is C15H21ClN2O3S. The van der Waals surface area contributed by atoms with Gasteiger partial charge in [-0.15, -0.1) is 0 Å². The van der Waals surface area contributed by atoms with Crippen molar-refractivity contribution in [3.8, 4) is 0 Å². The van der Waals surface area contributed by atoms with Crippen LogP contribution in [0.1, 0.15) is 25.3 Å². The molecule has 1 amide bonds. The summed E-state index contributed by atoms with van der Waals surface area (Å²) in [6.07, 6.45) is 1.28. The molecule has 1 aliphatic rings. The van der Waals surface area contributed by atoms with Gasteiger partial charge in [0.25, 0.3) is 0 Å². The Morgan fingerprint density at radius 2 is 1.91 bits per heavy atom. The Bertz CT molecular complexity index is 667. The molecule has 0 unspecified atom stereocenters. The molecule has 0 radical (unpaired) electrons. The number of carbonyl (C=O) groups excluding carboxylic acids is 1. The van der Waals surface area contributed by atoms with Gasteiger partial charge in [-0.25, -0.2) is 8.42 Å². The van der Waals surface area contributed by atoms with Crippen LogP contribution in [-0.4, -0.2) is 49.7 Å². The quantitative estimate of drug-likeness (QED) is 0.845. The highest BCUT2D eigenvalue weighted by Crippen LogP contribution is 2.28. The van der Waals surface area contributed by atoms with Crippen molar-refractivity contribution in [1.29, 1.82) is 0 Å². The first-order chi connectivity index (χ1) is 10.2. The number of hydrogen-bond donors (Lipinski definition) is 0. The largest absolute Gasteiger partial charge is 0.343 e. The minimum atomic E-state index is -3.58. The second-order valence-corrected chi connectivity index (χ2v) is 8.01. The number of halogens is 1. The summed E-state index contributed by atoms with van der Waals surface area (Å²) in [6.45, 7) is 4.18. The van der Waals surface area contributed by atoms with E-state index in [1.165, 1.54) is 11.2 Å². The molecule has 0 spiro atoms. The zero-order valence-corrected chi connectivity index (χ0v) is 14.6. The van der Waals surface area contributed by atoms with Gasteiger partial charge in [-0.1, -0.05) is 17.7 Å². The molecule has 122 valence electrons. The van der Waals surface area contributed by atoms with Crippen LogP contribution in [0.2, 0.25) is 5.02 Å². The van der Waals surface area contributed by atoms with E-state index in [1.807, 2.05) is 6.92 Å². The third-order valence-corrected chi connectivity index (χ3v) is 6.55. The van der Waals surface area contributed by atoms with E-state index in [1.54, 1.807) is 30.1 Å². The fourth-order valence-corrected chi connectivity index (χ4v) is 4.72. The molecule has 22 heavy (non-hydrogen) atoms. The summed E-state index contributed by atoms with van der Waals surface area (Å²) >= 11 is 6.10. The van der Waals surface area contributed by atoms with Crippen molar-refractivity contribution in [2.45, 2.75) is 37.6 Å². The van der Waals surface area contributed by atoms with Crippen molar-refractivity contribution in [3.05, 3.63) is 28.8 Å². The third kappa shape index (κ3) is 3.45. The number of piperidine rings is 1. The molecule has 5 nitrogen and oxygen atoms in total. The average molecular weight is 345 g/mol. The number of hydrogen-bond acceptors (Lipinski definition) is 3. The molecule has 0 saturated carbocycles. The maximum absolute atomic E-state index is 12.7. The lowest BCUT2D eigenvalue weighted by Crippen LogP contribution is -2.46. The molecule has 1 aromatic rings. The number of benzene rings is 1. The lowest BCUT2D eigenvalue weighted by molar-refractivity contribution is -0.130. The van der Waals surface area contributed by atoms with E-state index >= 15 is 0 Å². The van der Waals surface area contributed by atoms with Gasteiger partial charge in [-0.05, 0) is 37.5 Å². The zero-order valence-electron chi connectivity index (χ0n) is 13.0. The molecule has 1 saturated heterocycles. The van der Waals surface area contributed by atoms with Crippen LogP contribution < -0.4 is 0 Å². The molecule has 7 heteroatoms. The summed E-state index contributed by atoms with van der Waals surface area (Å²) in [7, 11) is -1.82. The highest BCUT2D eigenvalue weighted by Gasteiger charge is 2.32. The number of nitrogens with zero attached hydrogens (tertiary/aromatic N) is 2. The predicted octanol–water partition coefficient (Wildman–Crippen LogP) is 2.28. The number of amides is 1. The summed E-state index contributed by atoms with van der Waals surface area (Å²) in [5, 5.41) is 0.253.